The summed E-state index contributed by atoms with van der Waals surface area (Å²) in [6, 6.07) is 5.55. The number of benzene rings is 1. The molecular formula is C17H21NO4. The Balaban J connectivity index is 1.52. The summed E-state index contributed by atoms with van der Waals surface area (Å²) in [4.78, 5) is 14.8. The van der Waals surface area contributed by atoms with Crippen LogP contribution in [0.5, 0.6) is 11.5 Å². The van der Waals surface area contributed by atoms with Gasteiger partial charge in [-0.1, -0.05) is 6.07 Å². The number of carbonyl (C=O) groups is 1. The van der Waals surface area contributed by atoms with E-state index in [-0.39, 0.29) is 5.91 Å². The number of rotatable bonds is 2. The first-order chi connectivity index (χ1) is 10.8. The summed E-state index contributed by atoms with van der Waals surface area (Å²) in [5.41, 5.74) is 0.625. The molecule has 2 aliphatic heterocycles. The van der Waals surface area contributed by atoms with Crippen molar-refractivity contribution < 1.29 is 19.0 Å². The second-order valence-electron chi connectivity index (χ2n) is 6.39. The van der Waals surface area contributed by atoms with Gasteiger partial charge in [0.05, 0.1) is 11.7 Å². The second-order valence-corrected chi connectivity index (χ2v) is 6.39. The van der Waals surface area contributed by atoms with Gasteiger partial charge in [-0.25, -0.2) is 0 Å². The van der Waals surface area contributed by atoms with Gasteiger partial charge in [0, 0.05) is 20.2 Å². The summed E-state index contributed by atoms with van der Waals surface area (Å²) in [6.07, 6.45) is 2.50. The standard InChI is InChI=1S/C17H21NO4/c1-20-13-7-11-9-18(10-12(11)8-13)17(19)14-3-2-4-15-16(14)22-6-5-21-15/h2-4,11-13H,5-10H2,1H3/t11-,12+,13?. The average Bonchev–Trinajstić information content (AvgIpc) is 3.12. The Morgan fingerprint density at radius 3 is 2.64 bits per heavy atom. The Bertz CT molecular complexity index is 574. The average molecular weight is 303 g/mol. The fourth-order valence-corrected chi connectivity index (χ4v) is 4.02. The highest BCUT2D eigenvalue weighted by Gasteiger charge is 2.43. The maximum absolute atomic E-state index is 12.9. The van der Waals surface area contributed by atoms with Crippen LogP contribution in [0.3, 0.4) is 0 Å². The molecule has 3 aliphatic rings. The molecule has 0 spiro atoms. The summed E-state index contributed by atoms with van der Waals surface area (Å²) in [5, 5.41) is 0. The van der Waals surface area contributed by atoms with E-state index in [0.717, 1.165) is 25.9 Å². The number of fused-ring (bicyclic) bond motifs is 2. The highest BCUT2D eigenvalue weighted by molar-refractivity contribution is 5.98. The van der Waals surface area contributed by atoms with Crippen LogP contribution < -0.4 is 9.47 Å². The van der Waals surface area contributed by atoms with Crippen LogP contribution in [0.15, 0.2) is 18.2 Å². The molecule has 5 heteroatoms. The number of carbonyl (C=O) groups excluding carboxylic acids is 1. The molecular weight excluding hydrogens is 282 g/mol. The first-order valence-corrected chi connectivity index (χ1v) is 7.97. The van der Waals surface area contributed by atoms with Crippen molar-refractivity contribution in [2.24, 2.45) is 11.8 Å². The van der Waals surface area contributed by atoms with Gasteiger partial charge in [0.1, 0.15) is 13.2 Å². The summed E-state index contributed by atoms with van der Waals surface area (Å²) in [5.74, 6) is 2.49. The number of para-hydroxylation sites is 1. The van der Waals surface area contributed by atoms with Gasteiger partial charge < -0.3 is 19.1 Å². The molecule has 118 valence electrons. The summed E-state index contributed by atoms with van der Waals surface area (Å²) < 4.78 is 16.7. The zero-order chi connectivity index (χ0) is 15.1. The minimum atomic E-state index is 0.0608. The Morgan fingerprint density at radius 2 is 1.91 bits per heavy atom. The third-order valence-corrected chi connectivity index (χ3v) is 5.12. The summed E-state index contributed by atoms with van der Waals surface area (Å²) in [7, 11) is 1.78. The van der Waals surface area contributed by atoms with E-state index in [0.29, 0.717) is 48.2 Å². The van der Waals surface area contributed by atoms with Crippen molar-refractivity contribution in [3.63, 3.8) is 0 Å². The second kappa shape index (κ2) is 5.47. The van der Waals surface area contributed by atoms with Crippen LogP contribution in [-0.2, 0) is 4.74 Å². The molecule has 5 nitrogen and oxygen atoms in total. The Morgan fingerprint density at radius 1 is 1.18 bits per heavy atom. The van der Waals surface area contributed by atoms with E-state index < -0.39 is 0 Å². The molecule has 4 rings (SSSR count). The highest BCUT2D eigenvalue weighted by Crippen LogP contribution is 2.41. The topological polar surface area (TPSA) is 48.0 Å². The molecule has 1 aliphatic carbocycles. The maximum atomic E-state index is 12.9. The van der Waals surface area contributed by atoms with Crippen molar-refractivity contribution in [3.05, 3.63) is 23.8 Å². The van der Waals surface area contributed by atoms with Gasteiger partial charge >= 0.3 is 0 Å². The molecule has 1 aromatic rings. The van der Waals surface area contributed by atoms with Gasteiger partial charge in [0.15, 0.2) is 11.5 Å². The Hall–Kier alpha value is -1.75. The van der Waals surface area contributed by atoms with E-state index in [2.05, 4.69) is 0 Å². The molecule has 0 N–H and O–H groups in total. The fraction of sp³-hybridized carbons (Fsp3) is 0.588. The van der Waals surface area contributed by atoms with Crippen molar-refractivity contribution in [1.29, 1.82) is 0 Å². The van der Waals surface area contributed by atoms with Gasteiger partial charge in [-0.2, -0.15) is 0 Å². The first-order valence-electron chi connectivity index (χ1n) is 7.97. The van der Waals surface area contributed by atoms with Crippen molar-refractivity contribution in [2.45, 2.75) is 18.9 Å². The third kappa shape index (κ3) is 2.24. The molecule has 1 amide bonds. The van der Waals surface area contributed by atoms with Gasteiger partial charge in [-0.3, -0.25) is 4.79 Å². The number of hydrogen-bond acceptors (Lipinski definition) is 4. The SMILES string of the molecule is COC1C[C@@H]2CN(C(=O)c3cccc4c3OCCO4)C[C@@H]2C1. The molecule has 0 radical (unpaired) electrons. The fourth-order valence-electron chi connectivity index (χ4n) is 4.02. The molecule has 0 aromatic heterocycles. The van der Waals surface area contributed by atoms with E-state index >= 15 is 0 Å². The lowest BCUT2D eigenvalue weighted by Gasteiger charge is -2.24. The van der Waals surface area contributed by atoms with Crippen LogP contribution in [0.25, 0.3) is 0 Å². The molecule has 22 heavy (non-hydrogen) atoms. The van der Waals surface area contributed by atoms with E-state index in [1.54, 1.807) is 7.11 Å². The number of hydrogen-bond donors (Lipinski definition) is 0. The number of ether oxygens (including phenoxy) is 3. The normalized spacial score (nSPS) is 29.5. The van der Waals surface area contributed by atoms with E-state index in [4.69, 9.17) is 14.2 Å². The third-order valence-electron chi connectivity index (χ3n) is 5.12. The lowest BCUT2D eigenvalue weighted by atomic mass is 10.0. The van der Waals surface area contributed by atoms with Crippen LogP contribution >= 0.6 is 0 Å². The number of nitrogens with zero attached hydrogens (tertiary/aromatic N) is 1. The number of amides is 1. The van der Waals surface area contributed by atoms with Crippen molar-refractivity contribution in [3.8, 4) is 11.5 Å². The molecule has 1 saturated carbocycles. The van der Waals surface area contributed by atoms with Crippen molar-refractivity contribution >= 4 is 5.91 Å². The number of methoxy groups -OCH3 is 1. The lowest BCUT2D eigenvalue weighted by molar-refractivity contribution is 0.0722. The Labute approximate surface area is 130 Å². The van der Waals surface area contributed by atoms with Gasteiger partial charge in [-0.15, -0.1) is 0 Å². The monoisotopic (exact) mass is 303 g/mol. The molecule has 0 bridgehead atoms. The molecule has 2 fully saturated rings. The molecule has 1 unspecified atom stereocenters. The molecule has 1 saturated heterocycles. The van der Waals surface area contributed by atoms with E-state index in [1.165, 1.54) is 0 Å². The summed E-state index contributed by atoms with van der Waals surface area (Å²) >= 11 is 0. The minimum absolute atomic E-state index is 0.0608. The maximum Gasteiger partial charge on any atom is 0.257 e. The van der Waals surface area contributed by atoms with E-state index in [1.807, 2.05) is 23.1 Å². The zero-order valence-electron chi connectivity index (χ0n) is 12.8. The van der Waals surface area contributed by atoms with Crippen molar-refractivity contribution in [2.75, 3.05) is 33.4 Å². The summed E-state index contributed by atoms with van der Waals surface area (Å²) in [6.45, 7) is 2.69. The quantitative estimate of drug-likeness (QED) is 0.838. The smallest absolute Gasteiger partial charge is 0.257 e. The van der Waals surface area contributed by atoms with Crippen LogP contribution in [0, 0.1) is 11.8 Å². The molecule has 1 aromatic carbocycles. The van der Waals surface area contributed by atoms with Gasteiger partial charge in [0.25, 0.3) is 5.91 Å². The molecule has 2 heterocycles. The zero-order valence-corrected chi connectivity index (χ0v) is 12.8. The van der Waals surface area contributed by atoms with E-state index in [9.17, 15) is 4.79 Å². The van der Waals surface area contributed by atoms with Crippen LogP contribution in [0.4, 0.5) is 0 Å². The molecule has 3 atom stereocenters. The highest BCUT2D eigenvalue weighted by atomic mass is 16.6. The van der Waals surface area contributed by atoms with Crippen LogP contribution in [0.1, 0.15) is 23.2 Å². The van der Waals surface area contributed by atoms with Crippen LogP contribution in [0.2, 0.25) is 0 Å². The largest absolute Gasteiger partial charge is 0.486 e. The predicted octanol–water partition coefficient (Wildman–Crippen LogP) is 1.95. The first kappa shape index (κ1) is 13.9. The minimum Gasteiger partial charge on any atom is -0.486 e. The van der Waals surface area contributed by atoms with Crippen LogP contribution in [-0.4, -0.2) is 50.3 Å². The van der Waals surface area contributed by atoms with Gasteiger partial charge in [0.2, 0.25) is 0 Å². The lowest BCUT2D eigenvalue weighted by Crippen LogP contribution is -2.31. The van der Waals surface area contributed by atoms with Crippen molar-refractivity contribution in [1.82, 2.24) is 4.90 Å². The van der Waals surface area contributed by atoms with Gasteiger partial charge in [-0.05, 0) is 36.8 Å². The number of likely N-dealkylation sites (tertiary alicyclic amines) is 1. The predicted molar refractivity (Wildman–Crippen MR) is 80.3 cm³/mol. The Kier molecular flexibility index (Phi) is 3.45.